The van der Waals surface area contributed by atoms with E-state index in [1.807, 2.05) is 27.7 Å². The van der Waals surface area contributed by atoms with E-state index in [1.165, 1.54) is 19.3 Å². The lowest BCUT2D eigenvalue weighted by atomic mass is 9.74. The number of nitrogens with two attached hydrogens (primary N) is 1. The molecule has 0 aromatic carbocycles. The van der Waals surface area contributed by atoms with E-state index in [1.54, 1.807) is 0 Å². The molecule has 0 spiro atoms. The second kappa shape index (κ2) is 5.60. The van der Waals surface area contributed by atoms with Gasteiger partial charge in [0.2, 0.25) is 5.91 Å². The second-order valence-electron chi connectivity index (χ2n) is 7.13. The van der Waals surface area contributed by atoms with E-state index in [4.69, 9.17) is 5.73 Å². The molecule has 1 rings (SSSR count). The van der Waals surface area contributed by atoms with Gasteiger partial charge in [0.1, 0.15) is 0 Å². The molecule has 1 aliphatic carbocycles. The van der Waals surface area contributed by atoms with Crippen LogP contribution in [0.15, 0.2) is 0 Å². The molecule has 1 saturated carbocycles. The van der Waals surface area contributed by atoms with Gasteiger partial charge in [0.05, 0.1) is 5.41 Å². The average molecular weight is 254 g/mol. The zero-order valence-electron chi connectivity index (χ0n) is 12.7. The predicted octanol–water partition coefficient (Wildman–Crippen LogP) is 2.83. The molecule has 0 heterocycles. The lowest BCUT2D eigenvalue weighted by molar-refractivity contribution is -0.133. The van der Waals surface area contributed by atoms with E-state index in [-0.39, 0.29) is 5.91 Å². The van der Waals surface area contributed by atoms with Crippen molar-refractivity contribution in [3.05, 3.63) is 0 Å². The number of carbonyl (C=O) groups is 1. The fraction of sp³-hybridized carbons (Fsp3) is 0.933. The molecule has 1 fully saturated rings. The molecule has 3 N–H and O–H groups in total. The van der Waals surface area contributed by atoms with Crippen molar-refractivity contribution >= 4 is 5.91 Å². The molecule has 1 aliphatic rings. The molecule has 0 saturated heterocycles. The van der Waals surface area contributed by atoms with Crippen LogP contribution in [-0.2, 0) is 4.79 Å². The van der Waals surface area contributed by atoms with Gasteiger partial charge in [0.25, 0.3) is 0 Å². The van der Waals surface area contributed by atoms with Crippen molar-refractivity contribution in [3.8, 4) is 0 Å². The van der Waals surface area contributed by atoms with Crippen LogP contribution >= 0.6 is 0 Å². The minimum Gasteiger partial charge on any atom is -0.353 e. The van der Waals surface area contributed by atoms with Crippen molar-refractivity contribution in [1.82, 2.24) is 5.32 Å². The summed E-state index contributed by atoms with van der Waals surface area (Å²) in [5, 5.41) is 3.21. The summed E-state index contributed by atoms with van der Waals surface area (Å²) in [5.74, 6) is 0.889. The van der Waals surface area contributed by atoms with Crippen molar-refractivity contribution in [3.63, 3.8) is 0 Å². The summed E-state index contributed by atoms with van der Waals surface area (Å²) in [6.07, 6.45) is 5.94. The normalized spacial score (nSPS) is 26.6. The van der Waals surface area contributed by atoms with E-state index >= 15 is 0 Å². The quantitative estimate of drug-likeness (QED) is 0.761. The van der Waals surface area contributed by atoms with E-state index < -0.39 is 11.0 Å². The number of hydrogen-bond donors (Lipinski definition) is 2. The van der Waals surface area contributed by atoms with Crippen molar-refractivity contribution < 1.29 is 4.79 Å². The van der Waals surface area contributed by atoms with Gasteiger partial charge in [-0.05, 0) is 52.9 Å². The predicted molar refractivity (Wildman–Crippen MR) is 76.2 cm³/mol. The highest BCUT2D eigenvalue weighted by atomic mass is 16.2. The summed E-state index contributed by atoms with van der Waals surface area (Å²) in [6.45, 7) is 10.0. The SMILES string of the molecule is CC1CCCC(NC(=O)C(C)(C)C(C)(C)N)CC1. The van der Waals surface area contributed by atoms with Crippen LogP contribution in [-0.4, -0.2) is 17.5 Å². The zero-order valence-corrected chi connectivity index (χ0v) is 12.7. The molecule has 0 radical (unpaired) electrons. The Morgan fingerprint density at radius 3 is 2.28 bits per heavy atom. The minimum atomic E-state index is -0.537. The first kappa shape index (κ1) is 15.5. The maximum absolute atomic E-state index is 12.4. The van der Waals surface area contributed by atoms with Crippen molar-refractivity contribution in [1.29, 1.82) is 0 Å². The van der Waals surface area contributed by atoms with Gasteiger partial charge in [-0.3, -0.25) is 4.79 Å². The van der Waals surface area contributed by atoms with Crippen LogP contribution in [0.1, 0.15) is 66.7 Å². The third kappa shape index (κ3) is 3.71. The number of amides is 1. The number of carbonyl (C=O) groups excluding carboxylic acids is 1. The van der Waals surface area contributed by atoms with Crippen LogP contribution in [0.3, 0.4) is 0 Å². The van der Waals surface area contributed by atoms with Gasteiger partial charge in [-0.15, -0.1) is 0 Å². The molecule has 3 nitrogen and oxygen atoms in total. The molecule has 3 heteroatoms. The average Bonchev–Trinajstić information content (AvgIpc) is 2.42. The first-order chi connectivity index (χ1) is 8.14. The fourth-order valence-electron chi connectivity index (χ4n) is 2.29. The Morgan fingerprint density at radius 1 is 1.11 bits per heavy atom. The van der Waals surface area contributed by atoms with Gasteiger partial charge in [0, 0.05) is 11.6 Å². The van der Waals surface area contributed by atoms with E-state index in [2.05, 4.69) is 12.2 Å². The van der Waals surface area contributed by atoms with E-state index in [0.29, 0.717) is 6.04 Å². The van der Waals surface area contributed by atoms with Crippen LogP contribution in [0, 0.1) is 11.3 Å². The van der Waals surface area contributed by atoms with Crippen LogP contribution < -0.4 is 11.1 Å². The maximum Gasteiger partial charge on any atom is 0.227 e. The number of hydrogen-bond acceptors (Lipinski definition) is 2. The van der Waals surface area contributed by atoms with Gasteiger partial charge in [0.15, 0.2) is 0 Å². The summed E-state index contributed by atoms with van der Waals surface area (Å²) >= 11 is 0. The molecule has 2 unspecified atom stereocenters. The monoisotopic (exact) mass is 254 g/mol. The topological polar surface area (TPSA) is 55.1 Å². The van der Waals surface area contributed by atoms with Gasteiger partial charge in [-0.1, -0.05) is 19.8 Å². The standard InChI is InChI=1S/C15H30N2O/c1-11-7-6-8-12(10-9-11)17-13(18)14(2,3)15(4,5)16/h11-12H,6-10,16H2,1-5H3,(H,17,18). The first-order valence-electron chi connectivity index (χ1n) is 7.24. The molecule has 18 heavy (non-hydrogen) atoms. The van der Waals surface area contributed by atoms with Gasteiger partial charge in [-0.25, -0.2) is 0 Å². The Balaban J connectivity index is 2.59. The Bertz CT molecular complexity index is 291. The molecule has 106 valence electrons. The molecule has 0 aliphatic heterocycles. The Labute approximate surface area is 112 Å². The molecule has 2 atom stereocenters. The van der Waals surface area contributed by atoms with Crippen LogP contribution in [0.5, 0.6) is 0 Å². The van der Waals surface area contributed by atoms with Crippen LogP contribution in [0.25, 0.3) is 0 Å². The van der Waals surface area contributed by atoms with E-state index in [0.717, 1.165) is 18.8 Å². The third-order valence-electron chi connectivity index (χ3n) is 4.77. The third-order valence-corrected chi connectivity index (χ3v) is 4.77. The molecule has 1 amide bonds. The number of rotatable bonds is 3. The second-order valence-corrected chi connectivity index (χ2v) is 7.13. The molecule has 0 bridgehead atoms. The molecule has 0 aromatic rings. The zero-order chi connectivity index (χ0) is 14.0. The largest absolute Gasteiger partial charge is 0.353 e. The highest BCUT2D eigenvalue weighted by molar-refractivity contribution is 5.83. The van der Waals surface area contributed by atoms with Crippen LogP contribution in [0.4, 0.5) is 0 Å². The molecular weight excluding hydrogens is 224 g/mol. The van der Waals surface area contributed by atoms with Gasteiger partial charge < -0.3 is 11.1 Å². The van der Waals surface area contributed by atoms with Crippen molar-refractivity contribution in [2.24, 2.45) is 17.1 Å². The summed E-state index contributed by atoms with van der Waals surface area (Å²) in [4.78, 5) is 12.4. The highest BCUT2D eigenvalue weighted by Crippen LogP contribution is 2.29. The Morgan fingerprint density at radius 2 is 1.72 bits per heavy atom. The Kier molecular flexibility index (Phi) is 4.82. The Hall–Kier alpha value is -0.570. The molecular formula is C15H30N2O. The van der Waals surface area contributed by atoms with Crippen LogP contribution in [0.2, 0.25) is 0 Å². The summed E-state index contributed by atoms with van der Waals surface area (Å²) in [5.41, 5.74) is 5.07. The number of nitrogens with one attached hydrogen (secondary N) is 1. The summed E-state index contributed by atoms with van der Waals surface area (Å²) < 4.78 is 0. The van der Waals surface area contributed by atoms with Gasteiger partial charge >= 0.3 is 0 Å². The lowest BCUT2D eigenvalue weighted by Crippen LogP contribution is -2.57. The van der Waals surface area contributed by atoms with Crippen molar-refractivity contribution in [2.75, 3.05) is 0 Å². The summed E-state index contributed by atoms with van der Waals surface area (Å²) in [6, 6.07) is 0.337. The smallest absolute Gasteiger partial charge is 0.227 e. The maximum atomic E-state index is 12.4. The fourth-order valence-corrected chi connectivity index (χ4v) is 2.29. The van der Waals surface area contributed by atoms with Gasteiger partial charge in [-0.2, -0.15) is 0 Å². The van der Waals surface area contributed by atoms with Crippen molar-refractivity contribution in [2.45, 2.75) is 78.3 Å². The molecule has 0 aromatic heterocycles. The summed E-state index contributed by atoms with van der Waals surface area (Å²) in [7, 11) is 0. The first-order valence-corrected chi connectivity index (χ1v) is 7.24. The highest BCUT2D eigenvalue weighted by Gasteiger charge is 2.41. The lowest BCUT2D eigenvalue weighted by Gasteiger charge is -2.38. The minimum absolute atomic E-state index is 0.0922. The van der Waals surface area contributed by atoms with E-state index in [9.17, 15) is 4.79 Å².